The van der Waals surface area contributed by atoms with Crippen LogP contribution in [-0.4, -0.2) is 59.8 Å². The molecule has 1 heterocycles. The Morgan fingerprint density at radius 2 is 1.61 bits per heavy atom. The zero-order valence-electron chi connectivity index (χ0n) is 19.8. The lowest BCUT2D eigenvalue weighted by Crippen LogP contribution is -2.49. The Morgan fingerprint density at radius 3 is 2.13 bits per heavy atom. The highest BCUT2D eigenvalue weighted by Crippen LogP contribution is 2.20. The van der Waals surface area contributed by atoms with Crippen molar-refractivity contribution in [3.8, 4) is 5.75 Å². The molecule has 7 heteroatoms. The predicted molar refractivity (Wildman–Crippen MR) is 120 cm³/mol. The predicted octanol–water partition coefficient (Wildman–Crippen LogP) is 3.08. The Morgan fingerprint density at radius 1 is 1.03 bits per heavy atom. The number of amides is 1. The van der Waals surface area contributed by atoms with Crippen LogP contribution in [-0.2, 0) is 25.5 Å². The number of rotatable bonds is 7. The number of carbonyl (C=O) groups excluding carboxylic acids is 2. The van der Waals surface area contributed by atoms with Crippen molar-refractivity contribution in [2.75, 3.05) is 19.7 Å². The number of ether oxygens (including phenoxy) is 3. The second-order valence-corrected chi connectivity index (χ2v) is 10.1. The molecule has 1 fully saturated rings. The summed E-state index contributed by atoms with van der Waals surface area (Å²) in [6, 6.07) is 7.13. The molecule has 1 atom stereocenters. The van der Waals surface area contributed by atoms with E-state index in [4.69, 9.17) is 19.9 Å². The van der Waals surface area contributed by atoms with E-state index in [2.05, 4.69) is 0 Å². The summed E-state index contributed by atoms with van der Waals surface area (Å²) >= 11 is 0. The summed E-state index contributed by atoms with van der Waals surface area (Å²) in [5, 5.41) is 0. The van der Waals surface area contributed by atoms with Crippen molar-refractivity contribution in [1.29, 1.82) is 0 Å². The van der Waals surface area contributed by atoms with E-state index in [0.29, 0.717) is 32.4 Å². The highest BCUT2D eigenvalue weighted by Gasteiger charge is 2.27. The molecule has 1 aliphatic heterocycles. The van der Waals surface area contributed by atoms with Gasteiger partial charge in [-0.1, -0.05) is 12.1 Å². The second-order valence-electron chi connectivity index (χ2n) is 10.1. The SMILES string of the molecule is CC(C)(C)OC(=O)COC1CCN(C(=O)[C@@H](N)Cc2ccc(OC(C)(C)C)cc2)CC1. The lowest BCUT2D eigenvalue weighted by molar-refractivity contribution is -0.163. The van der Waals surface area contributed by atoms with Crippen molar-refractivity contribution < 1.29 is 23.8 Å². The van der Waals surface area contributed by atoms with E-state index < -0.39 is 11.6 Å². The molecule has 31 heavy (non-hydrogen) atoms. The van der Waals surface area contributed by atoms with Crippen LogP contribution < -0.4 is 10.5 Å². The van der Waals surface area contributed by atoms with Gasteiger partial charge in [0.1, 0.15) is 23.6 Å². The number of nitrogens with two attached hydrogens (primary N) is 1. The van der Waals surface area contributed by atoms with Crippen LogP contribution in [0.5, 0.6) is 5.75 Å². The molecule has 0 bridgehead atoms. The Bertz CT molecular complexity index is 726. The summed E-state index contributed by atoms with van der Waals surface area (Å²) in [7, 11) is 0. The first-order valence-electron chi connectivity index (χ1n) is 11.0. The Kier molecular flexibility index (Phi) is 8.49. The highest BCUT2D eigenvalue weighted by molar-refractivity contribution is 5.82. The van der Waals surface area contributed by atoms with Gasteiger partial charge in [-0.25, -0.2) is 4.79 Å². The fourth-order valence-corrected chi connectivity index (χ4v) is 3.42. The quantitative estimate of drug-likeness (QED) is 0.663. The number of carbonyl (C=O) groups is 2. The maximum absolute atomic E-state index is 12.7. The number of benzene rings is 1. The molecule has 174 valence electrons. The van der Waals surface area contributed by atoms with E-state index in [1.165, 1.54) is 0 Å². The molecular weight excluding hydrogens is 396 g/mol. The molecule has 0 aliphatic carbocycles. The Labute approximate surface area is 186 Å². The van der Waals surface area contributed by atoms with Crippen LogP contribution in [0.1, 0.15) is 59.9 Å². The molecule has 0 saturated carbocycles. The van der Waals surface area contributed by atoms with Crippen molar-refractivity contribution in [3.05, 3.63) is 29.8 Å². The van der Waals surface area contributed by atoms with Crippen LogP contribution in [0.3, 0.4) is 0 Å². The fraction of sp³-hybridized carbons (Fsp3) is 0.667. The third kappa shape index (κ3) is 9.27. The molecule has 1 saturated heterocycles. The molecule has 0 aromatic heterocycles. The highest BCUT2D eigenvalue weighted by atomic mass is 16.6. The van der Waals surface area contributed by atoms with Crippen LogP contribution in [0.4, 0.5) is 0 Å². The van der Waals surface area contributed by atoms with E-state index in [-0.39, 0.29) is 30.2 Å². The summed E-state index contributed by atoms with van der Waals surface area (Å²) in [5.74, 6) is 0.372. The van der Waals surface area contributed by atoms with Gasteiger partial charge in [-0.05, 0) is 78.5 Å². The van der Waals surface area contributed by atoms with Gasteiger partial charge in [-0.15, -0.1) is 0 Å². The van der Waals surface area contributed by atoms with Crippen LogP contribution in [0, 0.1) is 0 Å². The lowest BCUT2D eigenvalue weighted by atomic mass is 10.0. The zero-order chi connectivity index (χ0) is 23.2. The Balaban J connectivity index is 1.76. The lowest BCUT2D eigenvalue weighted by Gasteiger charge is -2.33. The minimum atomic E-state index is -0.589. The van der Waals surface area contributed by atoms with Gasteiger partial charge in [0, 0.05) is 13.1 Å². The fourth-order valence-electron chi connectivity index (χ4n) is 3.42. The first-order valence-corrected chi connectivity index (χ1v) is 11.0. The molecule has 0 unspecified atom stereocenters. The van der Waals surface area contributed by atoms with E-state index in [0.717, 1.165) is 11.3 Å². The number of nitrogens with zero attached hydrogens (tertiary/aromatic N) is 1. The minimum Gasteiger partial charge on any atom is -0.488 e. The van der Waals surface area contributed by atoms with Gasteiger partial charge in [0.05, 0.1) is 12.1 Å². The van der Waals surface area contributed by atoms with Gasteiger partial charge in [0.15, 0.2) is 0 Å². The van der Waals surface area contributed by atoms with Crippen molar-refractivity contribution in [1.82, 2.24) is 4.90 Å². The smallest absolute Gasteiger partial charge is 0.332 e. The number of likely N-dealkylation sites (tertiary alicyclic amines) is 1. The van der Waals surface area contributed by atoms with E-state index in [9.17, 15) is 9.59 Å². The van der Waals surface area contributed by atoms with Crippen LogP contribution in [0.15, 0.2) is 24.3 Å². The monoisotopic (exact) mass is 434 g/mol. The molecule has 2 rings (SSSR count). The van der Waals surface area contributed by atoms with Crippen molar-refractivity contribution in [2.45, 2.75) is 84.2 Å². The second kappa shape index (κ2) is 10.5. The topological polar surface area (TPSA) is 91.1 Å². The first-order chi connectivity index (χ1) is 14.3. The average molecular weight is 435 g/mol. The summed E-state index contributed by atoms with van der Waals surface area (Å²) in [4.78, 5) is 26.3. The zero-order valence-corrected chi connectivity index (χ0v) is 19.8. The van der Waals surface area contributed by atoms with Crippen LogP contribution in [0.25, 0.3) is 0 Å². The molecule has 7 nitrogen and oxygen atoms in total. The van der Waals surface area contributed by atoms with Crippen LogP contribution >= 0.6 is 0 Å². The number of hydrogen-bond acceptors (Lipinski definition) is 6. The van der Waals surface area contributed by atoms with E-state index in [1.54, 1.807) is 4.90 Å². The molecular formula is C24H38N2O5. The molecule has 0 radical (unpaired) electrons. The standard InChI is InChI=1S/C24H38N2O5/c1-23(2,3)30-19-9-7-17(8-10-19)15-20(25)22(28)26-13-11-18(12-14-26)29-16-21(27)31-24(4,5)6/h7-10,18,20H,11-16,25H2,1-6H3/t20-/m0/s1. The minimum absolute atomic E-state index is 0.0526. The third-order valence-corrected chi connectivity index (χ3v) is 4.73. The molecule has 1 aromatic rings. The van der Waals surface area contributed by atoms with Crippen molar-refractivity contribution in [2.24, 2.45) is 5.73 Å². The maximum atomic E-state index is 12.7. The van der Waals surface area contributed by atoms with Crippen LogP contribution in [0.2, 0.25) is 0 Å². The Hall–Kier alpha value is -2.12. The largest absolute Gasteiger partial charge is 0.488 e. The molecule has 0 spiro atoms. The first kappa shape index (κ1) is 25.1. The normalized spacial score (nSPS) is 16.7. The molecule has 1 aliphatic rings. The molecule has 1 aromatic carbocycles. The summed E-state index contributed by atoms with van der Waals surface area (Å²) in [6.07, 6.45) is 1.78. The number of hydrogen-bond donors (Lipinski definition) is 1. The summed E-state index contributed by atoms with van der Waals surface area (Å²) in [6.45, 7) is 12.6. The average Bonchev–Trinajstić information content (AvgIpc) is 2.65. The van der Waals surface area contributed by atoms with E-state index in [1.807, 2.05) is 65.8 Å². The number of esters is 1. The van der Waals surface area contributed by atoms with Crippen molar-refractivity contribution >= 4 is 11.9 Å². The van der Waals surface area contributed by atoms with Gasteiger partial charge in [0.25, 0.3) is 0 Å². The van der Waals surface area contributed by atoms with Gasteiger partial charge in [-0.3, -0.25) is 4.79 Å². The van der Waals surface area contributed by atoms with Gasteiger partial charge in [0.2, 0.25) is 5.91 Å². The van der Waals surface area contributed by atoms with Gasteiger partial charge in [-0.2, -0.15) is 0 Å². The third-order valence-electron chi connectivity index (χ3n) is 4.73. The molecule has 2 N–H and O–H groups in total. The van der Waals surface area contributed by atoms with Gasteiger partial charge >= 0.3 is 5.97 Å². The van der Waals surface area contributed by atoms with Crippen molar-refractivity contribution in [3.63, 3.8) is 0 Å². The number of piperidine rings is 1. The maximum Gasteiger partial charge on any atom is 0.332 e. The summed E-state index contributed by atoms with van der Waals surface area (Å²) in [5.41, 5.74) is 6.42. The van der Waals surface area contributed by atoms with E-state index >= 15 is 0 Å². The molecule has 1 amide bonds. The summed E-state index contributed by atoms with van der Waals surface area (Å²) < 4.78 is 16.7. The van der Waals surface area contributed by atoms with Gasteiger partial charge < -0.3 is 24.8 Å².